The van der Waals surface area contributed by atoms with Crippen LogP contribution < -0.4 is 5.56 Å². The molecule has 1 unspecified atom stereocenters. The van der Waals surface area contributed by atoms with Gasteiger partial charge in [0.25, 0.3) is 5.56 Å². The smallest absolute Gasteiger partial charge is 0.478 e. The number of hydrogen-bond donors (Lipinski definition) is 1. The quantitative estimate of drug-likeness (QED) is 0.809. The summed E-state index contributed by atoms with van der Waals surface area (Å²) in [6.45, 7) is 2.49. The van der Waals surface area contributed by atoms with Gasteiger partial charge in [-0.2, -0.15) is 0 Å². The number of carboxylic acid groups (broad SMARTS) is 1. The van der Waals surface area contributed by atoms with Crippen LogP contribution in [0.1, 0.15) is 30.2 Å². The van der Waals surface area contributed by atoms with Crippen LogP contribution in [-0.4, -0.2) is 28.1 Å². The number of nitrogens with zero attached hydrogens (tertiary/aromatic N) is 1. The minimum Gasteiger partial charge on any atom is -0.478 e. The summed E-state index contributed by atoms with van der Waals surface area (Å²) in [6.07, 6.45) is -5.14. The van der Waals surface area contributed by atoms with E-state index in [4.69, 9.17) is 0 Å². The molecule has 0 aliphatic rings. The molecular formula is C17H15F4NO4. The first-order chi connectivity index (χ1) is 12.0. The molecule has 26 heavy (non-hydrogen) atoms. The molecule has 0 amide bonds. The average Bonchev–Trinajstić information content (AvgIpc) is 2.53. The number of aromatic carboxylic acids is 1. The lowest BCUT2D eigenvalue weighted by molar-refractivity contribution is -0.344. The second-order valence-electron chi connectivity index (χ2n) is 5.67. The normalized spacial score (nSPS) is 14.1. The Hall–Kier alpha value is -2.68. The predicted octanol–water partition coefficient (Wildman–Crippen LogP) is 3.84. The van der Waals surface area contributed by atoms with Crippen LogP contribution in [0.15, 0.2) is 41.3 Å². The van der Waals surface area contributed by atoms with Gasteiger partial charge in [-0.3, -0.25) is 9.53 Å². The van der Waals surface area contributed by atoms with Crippen molar-refractivity contribution in [3.63, 3.8) is 0 Å². The van der Waals surface area contributed by atoms with E-state index in [1.807, 2.05) is 0 Å². The Bertz CT molecular complexity index is 859. The maximum absolute atomic E-state index is 13.1. The number of benzene rings is 1. The topological polar surface area (TPSA) is 68.5 Å². The average molecular weight is 373 g/mol. The van der Waals surface area contributed by atoms with Gasteiger partial charge in [0.05, 0.1) is 17.7 Å². The van der Waals surface area contributed by atoms with Gasteiger partial charge in [-0.25, -0.2) is 9.18 Å². The van der Waals surface area contributed by atoms with Gasteiger partial charge in [-0.15, -0.1) is 13.2 Å². The molecule has 0 saturated heterocycles. The molecule has 0 spiro atoms. The largest absolute Gasteiger partial charge is 0.522 e. The molecule has 0 fully saturated rings. The van der Waals surface area contributed by atoms with E-state index in [1.165, 1.54) is 19.1 Å². The summed E-state index contributed by atoms with van der Waals surface area (Å²) in [7, 11) is 0. The number of carbonyl (C=O) groups is 1. The summed E-state index contributed by atoms with van der Waals surface area (Å²) in [6, 6.07) is 4.62. The summed E-state index contributed by atoms with van der Waals surface area (Å²) in [5.41, 5.74) is -0.759. The second kappa shape index (κ2) is 7.28. The fraction of sp³-hybridized carbons (Fsp3) is 0.294. The first-order valence-corrected chi connectivity index (χ1v) is 7.49. The van der Waals surface area contributed by atoms with Gasteiger partial charge in [0.2, 0.25) is 0 Å². The maximum atomic E-state index is 13.1. The molecule has 1 heterocycles. The van der Waals surface area contributed by atoms with E-state index in [0.29, 0.717) is 5.56 Å². The van der Waals surface area contributed by atoms with Crippen molar-refractivity contribution in [3.8, 4) is 11.1 Å². The van der Waals surface area contributed by atoms with Crippen LogP contribution in [0.2, 0.25) is 0 Å². The molecular weight excluding hydrogens is 358 g/mol. The van der Waals surface area contributed by atoms with E-state index in [1.54, 1.807) is 0 Å². The summed E-state index contributed by atoms with van der Waals surface area (Å²) >= 11 is 0. The van der Waals surface area contributed by atoms with Gasteiger partial charge in [0.1, 0.15) is 5.82 Å². The van der Waals surface area contributed by atoms with Gasteiger partial charge in [0, 0.05) is 17.8 Å². The highest BCUT2D eigenvalue weighted by atomic mass is 19.4. The van der Waals surface area contributed by atoms with Crippen LogP contribution in [0.4, 0.5) is 17.6 Å². The number of halogens is 4. The molecule has 1 aromatic heterocycles. The molecule has 0 bridgehead atoms. The van der Waals surface area contributed by atoms with Crippen LogP contribution in [0.3, 0.4) is 0 Å². The van der Waals surface area contributed by atoms with Crippen LogP contribution in [-0.2, 0) is 4.74 Å². The standard InChI is InChI=1S/C17H15F4NO4/c1-9(10(2)26-17(19,20)21)22-8-14(11-3-5-12(18)6-4-11)13(16(24)25)7-15(22)23/h3-10H,1-2H3,(H,24,25)/t9?,10-/m0/s1. The Morgan fingerprint density at radius 3 is 2.27 bits per heavy atom. The zero-order chi connectivity index (χ0) is 19.6. The van der Waals surface area contributed by atoms with Crippen molar-refractivity contribution < 1.29 is 32.2 Å². The second-order valence-corrected chi connectivity index (χ2v) is 5.67. The van der Waals surface area contributed by atoms with E-state index in [2.05, 4.69) is 4.74 Å². The minimum absolute atomic E-state index is 0.0724. The van der Waals surface area contributed by atoms with Gasteiger partial charge in [-0.05, 0) is 31.5 Å². The molecule has 1 aromatic carbocycles. The zero-order valence-corrected chi connectivity index (χ0v) is 13.7. The lowest BCUT2D eigenvalue weighted by Crippen LogP contribution is -2.34. The minimum atomic E-state index is -4.88. The van der Waals surface area contributed by atoms with Crippen molar-refractivity contribution in [1.29, 1.82) is 0 Å². The van der Waals surface area contributed by atoms with Crippen LogP contribution in [0.5, 0.6) is 0 Å². The number of ether oxygens (including phenoxy) is 1. The highest BCUT2D eigenvalue weighted by molar-refractivity contribution is 5.95. The van der Waals surface area contributed by atoms with Gasteiger partial charge >= 0.3 is 12.3 Å². The number of carboxylic acids is 1. The van der Waals surface area contributed by atoms with Gasteiger partial charge in [-0.1, -0.05) is 12.1 Å². The fourth-order valence-corrected chi connectivity index (χ4v) is 2.44. The van der Waals surface area contributed by atoms with E-state index >= 15 is 0 Å². The number of rotatable bonds is 5. The monoisotopic (exact) mass is 373 g/mol. The van der Waals surface area contributed by atoms with E-state index in [0.717, 1.165) is 35.9 Å². The highest BCUT2D eigenvalue weighted by Gasteiger charge is 2.34. The molecule has 1 N–H and O–H groups in total. The Morgan fingerprint density at radius 2 is 1.77 bits per heavy atom. The zero-order valence-electron chi connectivity index (χ0n) is 13.7. The molecule has 2 atom stereocenters. The number of hydrogen-bond acceptors (Lipinski definition) is 3. The lowest BCUT2D eigenvalue weighted by Gasteiger charge is -2.24. The Kier molecular flexibility index (Phi) is 5.50. The Morgan fingerprint density at radius 1 is 1.19 bits per heavy atom. The van der Waals surface area contributed by atoms with E-state index in [-0.39, 0.29) is 11.1 Å². The maximum Gasteiger partial charge on any atom is 0.522 e. The summed E-state index contributed by atoms with van der Waals surface area (Å²) < 4.78 is 55.2. The predicted molar refractivity (Wildman–Crippen MR) is 84.4 cm³/mol. The molecule has 2 rings (SSSR count). The highest BCUT2D eigenvalue weighted by Crippen LogP contribution is 2.27. The molecule has 2 aromatic rings. The summed E-state index contributed by atoms with van der Waals surface area (Å²) in [5.74, 6) is -1.93. The lowest BCUT2D eigenvalue weighted by atomic mass is 10.0. The van der Waals surface area contributed by atoms with Crippen molar-refractivity contribution in [2.45, 2.75) is 32.4 Å². The SMILES string of the molecule is CC([C@H](C)OC(F)(F)F)n1cc(-c2ccc(F)cc2)c(C(=O)O)cc1=O. The Balaban J connectivity index is 2.55. The van der Waals surface area contributed by atoms with Crippen molar-refractivity contribution >= 4 is 5.97 Å². The third-order valence-electron chi connectivity index (χ3n) is 3.90. The number of aromatic nitrogens is 1. The summed E-state index contributed by atoms with van der Waals surface area (Å²) in [4.78, 5) is 23.6. The van der Waals surface area contributed by atoms with E-state index < -0.39 is 35.9 Å². The third-order valence-corrected chi connectivity index (χ3v) is 3.90. The Labute approximate surface area is 145 Å². The first kappa shape index (κ1) is 19.6. The molecule has 140 valence electrons. The van der Waals surface area contributed by atoms with Crippen molar-refractivity contribution in [2.75, 3.05) is 0 Å². The van der Waals surface area contributed by atoms with Crippen molar-refractivity contribution in [2.24, 2.45) is 0 Å². The van der Waals surface area contributed by atoms with E-state index in [9.17, 15) is 32.3 Å². The van der Waals surface area contributed by atoms with Gasteiger partial charge in [0.15, 0.2) is 0 Å². The molecule has 0 saturated carbocycles. The van der Waals surface area contributed by atoms with Crippen LogP contribution in [0.25, 0.3) is 11.1 Å². The molecule has 0 aliphatic carbocycles. The number of alkyl halides is 3. The van der Waals surface area contributed by atoms with Crippen molar-refractivity contribution in [1.82, 2.24) is 4.57 Å². The van der Waals surface area contributed by atoms with Gasteiger partial charge < -0.3 is 9.67 Å². The summed E-state index contributed by atoms with van der Waals surface area (Å²) in [5, 5.41) is 9.30. The van der Waals surface area contributed by atoms with Crippen molar-refractivity contribution in [3.05, 3.63) is 58.3 Å². The molecule has 9 heteroatoms. The third kappa shape index (κ3) is 4.48. The number of pyridine rings is 1. The fourth-order valence-electron chi connectivity index (χ4n) is 2.44. The van der Waals surface area contributed by atoms with Crippen LogP contribution >= 0.6 is 0 Å². The first-order valence-electron chi connectivity index (χ1n) is 7.49. The molecule has 5 nitrogen and oxygen atoms in total. The molecule has 0 aliphatic heterocycles. The molecule has 0 radical (unpaired) electrons. The van der Waals surface area contributed by atoms with Crippen LogP contribution in [0, 0.1) is 5.82 Å².